The van der Waals surface area contributed by atoms with Crippen molar-refractivity contribution in [3.05, 3.63) is 23.8 Å². The zero-order chi connectivity index (χ0) is 19.5. The number of hydrogen-bond donors (Lipinski definition) is 4. The monoisotopic (exact) mass is 385 g/mol. The molecule has 0 aromatic heterocycles. The number of carbonyl (C=O) groups excluding carboxylic acids is 1. The van der Waals surface area contributed by atoms with Gasteiger partial charge in [0.25, 0.3) is 5.91 Å². The summed E-state index contributed by atoms with van der Waals surface area (Å²) < 4.78 is 33.0. The zero-order valence-electron chi connectivity index (χ0n) is 15.5. The fraction of sp³-hybridized carbons (Fsp3) is 0.588. The van der Waals surface area contributed by atoms with Crippen LogP contribution in [-0.2, 0) is 10.0 Å². The summed E-state index contributed by atoms with van der Waals surface area (Å²) in [6, 6.07) is 4.26. The van der Waals surface area contributed by atoms with Crippen molar-refractivity contribution in [3.63, 3.8) is 0 Å². The highest BCUT2D eigenvalue weighted by Gasteiger charge is 2.28. The van der Waals surface area contributed by atoms with Crippen LogP contribution < -0.4 is 20.1 Å². The third-order valence-electron chi connectivity index (χ3n) is 3.98. The van der Waals surface area contributed by atoms with Gasteiger partial charge in [0.15, 0.2) is 0 Å². The van der Waals surface area contributed by atoms with Crippen LogP contribution in [-0.4, -0.2) is 57.8 Å². The average molecular weight is 385 g/mol. The van der Waals surface area contributed by atoms with Crippen LogP contribution in [0.4, 0.5) is 0 Å². The highest BCUT2D eigenvalue weighted by Crippen LogP contribution is 2.26. The summed E-state index contributed by atoms with van der Waals surface area (Å²) in [5, 5.41) is 15.6. The number of amides is 1. The Balaban J connectivity index is 2.21. The first-order chi connectivity index (χ1) is 12.0. The van der Waals surface area contributed by atoms with Gasteiger partial charge < -0.3 is 20.5 Å². The second kappa shape index (κ2) is 7.91. The minimum absolute atomic E-state index is 0.0667. The van der Waals surface area contributed by atoms with E-state index in [-0.39, 0.29) is 22.1 Å². The molecule has 0 bridgehead atoms. The smallest absolute Gasteiger partial charge is 0.251 e. The zero-order valence-corrected chi connectivity index (χ0v) is 16.3. The normalized spacial score (nSPS) is 20.8. The molecular weight excluding hydrogens is 358 g/mol. The fourth-order valence-electron chi connectivity index (χ4n) is 2.74. The van der Waals surface area contributed by atoms with Crippen LogP contribution in [0, 0.1) is 5.92 Å². The number of β-amino-alcohol motifs (C(OH)–C–C–N with tert-alkyl or cyclic N) is 1. The standard InChI is InChI=1S/C17H27N3O5S/c1-17(2,3)20-26(23,24)15-7-11(5-6-14(15)25-4)16(22)19-9-12-8-18-10-13(12)21/h5-7,12-13,18,20-21H,8-10H2,1-4H3,(H,19,22). The molecule has 146 valence electrons. The number of rotatable bonds is 6. The minimum atomic E-state index is -3.86. The van der Waals surface area contributed by atoms with E-state index in [1.807, 2.05) is 0 Å². The number of ether oxygens (including phenoxy) is 1. The molecule has 8 nitrogen and oxygen atoms in total. The lowest BCUT2D eigenvalue weighted by Crippen LogP contribution is -2.40. The summed E-state index contributed by atoms with van der Waals surface area (Å²) in [4.78, 5) is 12.3. The number of benzene rings is 1. The van der Waals surface area contributed by atoms with Crippen molar-refractivity contribution in [1.29, 1.82) is 0 Å². The molecule has 1 aromatic rings. The van der Waals surface area contributed by atoms with Crippen molar-refractivity contribution in [1.82, 2.24) is 15.4 Å². The molecule has 1 aromatic carbocycles. The van der Waals surface area contributed by atoms with Crippen LogP contribution in [0.15, 0.2) is 23.1 Å². The number of aliphatic hydroxyl groups excluding tert-OH is 1. The average Bonchev–Trinajstić information content (AvgIpc) is 2.95. The molecule has 2 atom stereocenters. The van der Waals surface area contributed by atoms with Crippen molar-refractivity contribution >= 4 is 15.9 Å². The van der Waals surface area contributed by atoms with Crippen LogP contribution in [0.3, 0.4) is 0 Å². The van der Waals surface area contributed by atoms with Crippen molar-refractivity contribution in [2.24, 2.45) is 5.92 Å². The number of carbonyl (C=O) groups is 1. The van der Waals surface area contributed by atoms with Gasteiger partial charge in [0.05, 0.1) is 13.2 Å². The Bertz CT molecular complexity index is 758. The highest BCUT2D eigenvalue weighted by molar-refractivity contribution is 7.89. The lowest BCUT2D eigenvalue weighted by molar-refractivity contribution is 0.0927. The number of hydrogen-bond acceptors (Lipinski definition) is 6. The van der Waals surface area contributed by atoms with Crippen molar-refractivity contribution in [2.75, 3.05) is 26.7 Å². The van der Waals surface area contributed by atoms with Crippen LogP contribution in [0.2, 0.25) is 0 Å². The molecule has 26 heavy (non-hydrogen) atoms. The molecule has 1 saturated heterocycles. The van der Waals surface area contributed by atoms with Gasteiger partial charge in [-0.05, 0) is 39.0 Å². The molecule has 0 radical (unpaired) electrons. The largest absolute Gasteiger partial charge is 0.495 e. The molecule has 2 rings (SSSR count). The Kier molecular flexibility index (Phi) is 6.28. The Morgan fingerprint density at radius 2 is 2.04 bits per heavy atom. The second-order valence-electron chi connectivity index (χ2n) is 7.42. The van der Waals surface area contributed by atoms with E-state index >= 15 is 0 Å². The summed E-state index contributed by atoms with van der Waals surface area (Å²) >= 11 is 0. The van der Waals surface area contributed by atoms with E-state index in [1.54, 1.807) is 20.8 Å². The van der Waals surface area contributed by atoms with Gasteiger partial charge in [0.2, 0.25) is 10.0 Å². The Hall–Kier alpha value is -1.68. The van der Waals surface area contributed by atoms with Gasteiger partial charge in [-0.2, -0.15) is 0 Å². The van der Waals surface area contributed by atoms with Gasteiger partial charge in [-0.3, -0.25) is 4.79 Å². The number of nitrogens with one attached hydrogen (secondary N) is 3. The molecule has 2 unspecified atom stereocenters. The van der Waals surface area contributed by atoms with Crippen LogP contribution in [0.25, 0.3) is 0 Å². The molecule has 1 aliphatic heterocycles. The third-order valence-corrected chi connectivity index (χ3v) is 5.76. The second-order valence-corrected chi connectivity index (χ2v) is 9.07. The number of aliphatic hydroxyl groups is 1. The molecule has 0 aliphatic carbocycles. The lowest BCUT2D eigenvalue weighted by atomic mass is 10.1. The maximum atomic E-state index is 12.6. The Morgan fingerprint density at radius 3 is 2.58 bits per heavy atom. The van der Waals surface area contributed by atoms with E-state index in [4.69, 9.17) is 4.74 Å². The quantitative estimate of drug-likeness (QED) is 0.551. The maximum absolute atomic E-state index is 12.6. The van der Waals surface area contributed by atoms with Crippen molar-refractivity contribution in [2.45, 2.75) is 37.3 Å². The third kappa shape index (κ3) is 5.16. The predicted molar refractivity (Wildman–Crippen MR) is 97.8 cm³/mol. The first-order valence-electron chi connectivity index (χ1n) is 8.42. The van der Waals surface area contributed by atoms with E-state index < -0.39 is 27.6 Å². The van der Waals surface area contributed by atoms with Gasteiger partial charge in [0, 0.05) is 36.7 Å². The summed E-state index contributed by atoms with van der Waals surface area (Å²) in [6.45, 7) is 6.63. The SMILES string of the molecule is COc1ccc(C(=O)NCC2CNCC2O)cc1S(=O)(=O)NC(C)(C)C. The molecule has 0 spiro atoms. The predicted octanol–water partition coefficient (Wildman–Crippen LogP) is 0.0821. The minimum Gasteiger partial charge on any atom is -0.495 e. The van der Waals surface area contributed by atoms with Crippen molar-refractivity contribution < 1.29 is 23.1 Å². The number of methoxy groups -OCH3 is 1. The van der Waals surface area contributed by atoms with E-state index in [0.29, 0.717) is 19.6 Å². The highest BCUT2D eigenvalue weighted by atomic mass is 32.2. The van der Waals surface area contributed by atoms with E-state index in [0.717, 1.165) is 0 Å². The summed E-state index contributed by atoms with van der Waals surface area (Å²) in [5.41, 5.74) is -0.464. The van der Waals surface area contributed by atoms with E-state index in [9.17, 15) is 18.3 Å². The van der Waals surface area contributed by atoms with Gasteiger partial charge >= 0.3 is 0 Å². The molecule has 1 amide bonds. The van der Waals surface area contributed by atoms with Gasteiger partial charge in [-0.1, -0.05) is 0 Å². The van der Waals surface area contributed by atoms with Crippen LogP contribution >= 0.6 is 0 Å². The fourth-order valence-corrected chi connectivity index (χ4v) is 4.35. The molecule has 1 fully saturated rings. The van der Waals surface area contributed by atoms with Gasteiger partial charge in [-0.25, -0.2) is 13.1 Å². The van der Waals surface area contributed by atoms with E-state index in [2.05, 4.69) is 15.4 Å². The Labute approximate surface area is 154 Å². The Morgan fingerprint density at radius 1 is 1.35 bits per heavy atom. The topological polar surface area (TPSA) is 117 Å². The summed E-state index contributed by atoms with van der Waals surface area (Å²) in [7, 11) is -2.49. The van der Waals surface area contributed by atoms with E-state index in [1.165, 1.54) is 25.3 Å². The lowest BCUT2D eigenvalue weighted by Gasteiger charge is -2.21. The molecule has 0 saturated carbocycles. The molecular formula is C17H27N3O5S. The molecule has 1 heterocycles. The first kappa shape index (κ1) is 20.6. The number of sulfonamides is 1. The molecule has 1 aliphatic rings. The van der Waals surface area contributed by atoms with Gasteiger partial charge in [-0.15, -0.1) is 0 Å². The molecule has 4 N–H and O–H groups in total. The summed E-state index contributed by atoms with van der Waals surface area (Å²) in [6.07, 6.45) is -0.502. The van der Waals surface area contributed by atoms with Crippen molar-refractivity contribution in [3.8, 4) is 5.75 Å². The van der Waals surface area contributed by atoms with Gasteiger partial charge in [0.1, 0.15) is 10.6 Å². The van der Waals surface area contributed by atoms with Crippen LogP contribution in [0.1, 0.15) is 31.1 Å². The summed E-state index contributed by atoms with van der Waals surface area (Å²) in [5.74, 6) is -0.310. The molecule has 9 heteroatoms. The first-order valence-corrected chi connectivity index (χ1v) is 9.91. The maximum Gasteiger partial charge on any atom is 0.251 e. The van der Waals surface area contributed by atoms with Crippen LogP contribution in [0.5, 0.6) is 5.75 Å².